The van der Waals surface area contributed by atoms with Crippen molar-refractivity contribution in [2.45, 2.75) is 39.7 Å². The molecular weight excluding hydrogens is 230 g/mol. The monoisotopic (exact) mass is 251 g/mol. The van der Waals surface area contributed by atoms with Crippen molar-refractivity contribution < 1.29 is 0 Å². The van der Waals surface area contributed by atoms with Gasteiger partial charge in [-0.25, -0.2) is 0 Å². The van der Waals surface area contributed by atoms with E-state index in [9.17, 15) is 0 Å². The lowest BCUT2D eigenvalue weighted by Crippen LogP contribution is -1.94. The fraction of sp³-hybridized carbons (Fsp3) is 0.333. The molecule has 0 radical (unpaired) electrons. The molecule has 0 aliphatic carbocycles. The summed E-state index contributed by atoms with van der Waals surface area (Å²) in [4.78, 5) is 0. The average molecular weight is 251 g/mol. The minimum absolute atomic E-state index is 0.633. The van der Waals surface area contributed by atoms with Crippen LogP contribution in [0.2, 0.25) is 0 Å². The first-order valence-electron chi connectivity index (χ1n) is 7.27. The van der Waals surface area contributed by atoms with Gasteiger partial charge >= 0.3 is 0 Å². The highest BCUT2D eigenvalue weighted by Crippen LogP contribution is 2.31. The van der Waals surface area contributed by atoms with Gasteiger partial charge in [-0.05, 0) is 43.0 Å². The first-order valence-corrected chi connectivity index (χ1v) is 7.27. The van der Waals surface area contributed by atoms with Crippen LogP contribution in [0.15, 0.2) is 42.5 Å². The topological polar surface area (TPSA) is 4.93 Å². The molecule has 0 aliphatic heterocycles. The SMILES string of the molecule is CC[C@@H](C)c1ccc2c(c1)c1ccccc1n2CC. The van der Waals surface area contributed by atoms with Crippen molar-refractivity contribution in [1.82, 2.24) is 4.57 Å². The Morgan fingerprint density at radius 2 is 1.68 bits per heavy atom. The number of benzene rings is 2. The molecule has 98 valence electrons. The Kier molecular flexibility index (Phi) is 3.06. The molecule has 1 atom stereocenters. The Hall–Kier alpha value is -1.76. The molecule has 0 unspecified atom stereocenters. The second-order valence-corrected chi connectivity index (χ2v) is 5.35. The largest absolute Gasteiger partial charge is 0.341 e. The molecule has 0 saturated heterocycles. The summed E-state index contributed by atoms with van der Waals surface area (Å²) in [5, 5.41) is 2.78. The Balaban J connectivity index is 2.36. The van der Waals surface area contributed by atoms with Crippen LogP contribution in [0.3, 0.4) is 0 Å². The van der Waals surface area contributed by atoms with Gasteiger partial charge in [-0.1, -0.05) is 38.1 Å². The lowest BCUT2D eigenvalue weighted by atomic mass is 9.97. The van der Waals surface area contributed by atoms with Crippen molar-refractivity contribution in [2.24, 2.45) is 0 Å². The van der Waals surface area contributed by atoms with Gasteiger partial charge in [-0.3, -0.25) is 0 Å². The van der Waals surface area contributed by atoms with Crippen LogP contribution in [-0.4, -0.2) is 4.57 Å². The Labute approximate surface area is 114 Å². The van der Waals surface area contributed by atoms with E-state index >= 15 is 0 Å². The highest BCUT2D eigenvalue weighted by atomic mass is 15.0. The molecule has 3 aromatic rings. The first kappa shape index (κ1) is 12.3. The third kappa shape index (κ3) is 1.85. The summed E-state index contributed by atoms with van der Waals surface area (Å²) in [6, 6.07) is 15.7. The molecule has 0 amide bonds. The van der Waals surface area contributed by atoms with Crippen molar-refractivity contribution in [1.29, 1.82) is 0 Å². The third-order valence-electron chi connectivity index (χ3n) is 4.29. The Bertz CT molecular complexity index is 721. The number of hydrogen-bond donors (Lipinski definition) is 0. The second-order valence-electron chi connectivity index (χ2n) is 5.35. The van der Waals surface area contributed by atoms with E-state index in [2.05, 4.69) is 67.8 Å². The zero-order valence-corrected chi connectivity index (χ0v) is 12.0. The van der Waals surface area contributed by atoms with Gasteiger partial charge in [-0.2, -0.15) is 0 Å². The minimum atomic E-state index is 0.633. The zero-order valence-electron chi connectivity index (χ0n) is 12.0. The fourth-order valence-corrected chi connectivity index (χ4v) is 2.95. The summed E-state index contributed by atoms with van der Waals surface area (Å²) < 4.78 is 2.41. The van der Waals surface area contributed by atoms with Gasteiger partial charge in [-0.15, -0.1) is 0 Å². The molecule has 0 bridgehead atoms. The molecule has 2 aromatic carbocycles. The summed E-state index contributed by atoms with van der Waals surface area (Å²) in [5.41, 5.74) is 4.16. The van der Waals surface area contributed by atoms with E-state index in [-0.39, 0.29) is 0 Å². The Morgan fingerprint density at radius 3 is 2.42 bits per heavy atom. The molecule has 1 heterocycles. The lowest BCUT2D eigenvalue weighted by molar-refractivity contribution is 0.734. The van der Waals surface area contributed by atoms with Gasteiger partial charge in [0.2, 0.25) is 0 Å². The molecule has 1 aromatic heterocycles. The quantitative estimate of drug-likeness (QED) is 0.593. The molecule has 0 N–H and O–H groups in total. The summed E-state index contributed by atoms with van der Waals surface area (Å²) >= 11 is 0. The summed E-state index contributed by atoms with van der Waals surface area (Å²) in [5.74, 6) is 0.633. The maximum absolute atomic E-state index is 2.41. The maximum Gasteiger partial charge on any atom is 0.0491 e. The van der Waals surface area contributed by atoms with Crippen LogP contribution in [0.25, 0.3) is 21.8 Å². The predicted octanol–water partition coefficient (Wildman–Crippen LogP) is 5.33. The normalized spacial score (nSPS) is 13.2. The molecule has 0 spiro atoms. The van der Waals surface area contributed by atoms with Crippen molar-refractivity contribution in [3.8, 4) is 0 Å². The summed E-state index contributed by atoms with van der Waals surface area (Å²) in [6.07, 6.45) is 1.19. The lowest BCUT2D eigenvalue weighted by Gasteiger charge is -2.09. The van der Waals surface area contributed by atoms with Crippen molar-refractivity contribution in [3.63, 3.8) is 0 Å². The average Bonchev–Trinajstić information content (AvgIpc) is 2.79. The smallest absolute Gasteiger partial charge is 0.0491 e. The fourth-order valence-electron chi connectivity index (χ4n) is 2.95. The number of para-hydroxylation sites is 1. The highest BCUT2D eigenvalue weighted by Gasteiger charge is 2.11. The molecule has 1 nitrogen and oxygen atoms in total. The number of fused-ring (bicyclic) bond motifs is 3. The van der Waals surface area contributed by atoms with E-state index in [0.717, 1.165) is 6.54 Å². The maximum atomic E-state index is 2.41. The molecule has 0 aliphatic rings. The van der Waals surface area contributed by atoms with Gasteiger partial charge < -0.3 is 4.57 Å². The van der Waals surface area contributed by atoms with Crippen LogP contribution >= 0.6 is 0 Å². The van der Waals surface area contributed by atoms with Crippen LogP contribution in [-0.2, 0) is 6.54 Å². The summed E-state index contributed by atoms with van der Waals surface area (Å²) in [6.45, 7) is 7.80. The predicted molar refractivity (Wildman–Crippen MR) is 83.8 cm³/mol. The molecule has 0 saturated carbocycles. The third-order valence-corrected chi connectivity index (χ3v) is 4.29. The number of rotatable bonds is 3. The molecule has 1 heteroatoms. The molecule has 0 fully saturated rings. The number of aryl methyl sites for hydroxylation is 1. The van der Waals surface area contributed by atoms with Gasteiger partial charge in [0.05, 0.1) is 0 Å². The Morgan fingerprint density at radius 1 is 0.947 bits per heavy atom. The minimum Gasteiger partial charge on any atom is -0.341 e. The van der Waals surface area contributed by atoms with E-state index in [1.807, 2.05) is 0 Å². The molecule has 3 rings (SSSR count). The van der Waals surface area contributed by atoms with Crippen molar-refractivity contribution >= 4 is 21.8 Å². The van der Waals surface area contributed by atoms with E-state index in [4.69, 9.17) is 0 Å². The molecule has 19 heavy (non-hydrogen) atoms. The van der Waals surface area contributed by atoms with Gasteiger partial charge in [0, 0.05) is 28.4 Å². The highest BCUT2D eigenvalue weighted by molar-refractivity contribution is 6.08. The van der Waals surface area contributed by atoms with Crippen LogP contribution in [0, 0.1) is 0 Å². The van der Waals surface area contributed by atoms with Crippen LogP contribution in [0.1, 0.15) is 38.7 Å². The number of nitrogens with zero attached hydrogens (tertiary/aromatic N) is 1. The van der Waals surface area contributed by atoms with Crippen molar-refractivity contribution in [3.05, 3.63) is 48.0 Å². The number of hydrogen-bond acceptors (Lipinski definition) is 0. The van der Waals surface area contributed by atoms with E-state index in [1.54, 1.807) is 0 Å². The van der Waals surface area contributed by atoms with E-state index in [0.29, 0.717) is 5.92 Å². The first-order chi connectivity index (χ1) is 9.26. The summed E-state index contributed by atoms with van der Waals surface area (Å²) in [7, 11) is 0. The van der Waals surface area contributed by atoms with Crippen LogP contribution in [0.4, 0.5) is 0 Å². The van der Waals surface area contributed by atoms with Crippen molar-refractivity contribution in [2.75, 3.05) is 0 Å². The van der Waals surface area contributed by atoms with E-state index in [1.165, 1.54) is 33.8 Å². The standard InChI is InChI=1S/C18H21N/c1-4-13(3)14-10-11-18-16(12-14)15-8-6-7-9-17(15)19(18)5-2/h6-13H,4-5H2,1-3H3/t13-/m1/s1. The second kappa shape index (κ2) is 4.73. The van der Waals surface area contributed by atoms with E-state index < -0.39 is 0 Å². The number of aromatic nitrogens is 1. The molecular formula is C18H21N. The van der Waals surface area contributed by atoms with Gasteiger partial charge in [0.15, 0.2) is 0 Å². The van der Waals surface area contributed by atoms with Crippen LogP contribution < -0.4 is 0 Å². The van der Waals surface area contributed by atoms with Crippen LogP contribution in [0.5, 0.6) is 0 Å². The van der Waals surface area contributed by atoms with Gasteiger partial charge in [0.25, 0.3) is 0 Å². The van der Waals surface area contributed by atoms with Gasteiger partial charge in [0.1, 0.15) is 0 Å². The zero-order chi connectivity index (χ0) is 13.4.